The van der Waals surface area contributed by atoms with Crippen LogP contribution in [0.4, 0.5) is 4.79 Å². The molecule has 0 bridgehead atoms. The van der Waals surface area contributed by atoms with Crippen LogP contribution in [0.15, 0.2) is 30.3 Å². The Morgan fingerprint density at radius 2 is 1.88 bits per heavy atom. The van der Waals surface area contributed by atoms with Gasteiger partial charge in [-0.25, -0.2) is 4.79 Å². The van der Waals surface area contributed by atoms with E-state index in [-0.39, 0.29) is 24.5 Å². The van der Waals surface area contributed by atoms with Crippen molar-refractivity contribution in [2.75, 3.05) is 20.1 Å². The van der Waals surface area contributed by atoms with Crippen LogP contribution in [-0.2, 0) is 16.1 Å². The minimum atomic E-state index is -0.341. The molecule has 0 saturated carbocycles. The van der Waals surface area contributed by atoms with E-state index in [4.69, 9.17) is 17.0 Å². The lowest BCUT2D eigenvalue weighted by Gasteiger charge is -2.30. The summed E-state index contributed by atoms with van der Waals surface area (Å²) in [5, 5.41) is 3.06. The molecule has 8 heteroatoms. The summed E-state index contributed by atoms with van der Waals surface area (Å²) in [6.45, 7) is 1.26. The maximum absolute atomic E-state index is 12.1. The van der Waals surface area contributed by atoms with Gasteiger partial charge < -0.3 is 15.0 Å². The van der Waals surface area contributed by atoms with Gasteiger partial charge in [0.25, 0.3) is 0 Å². The number of amides is 2. The van der Waals surface area contributed by atoms with E-state index >= 15 is 0 Å². The van der Waals surface area contributed by atoms with Gasteiger partial charge >= 0.3 is 6.09 Å². The van der Waals surface area contributed by atoms with Crippen LogP contribution >= 0.6 is 12.2 Å². The number of likely N-dealkylation sites (tertiary alicyclic amines) is 1. The van der Waals surface area contributed by atoms with Crippen molar-refractivity contribution in [2.24, 2.45) is 5.92 Å². The van der Waals surface area contributed by atoms with Gasteiger partial charge in [-0.05, 0) is 30.6 Å². The van der Waals surface area contributed by atoms with Gasteiger partial charge in [0.05, 0.1) is 0 Å². The summed E-state index contributed by atoms with van der Waals surface area (Å²) < 4.78 is 5.31. The van der Waals surface area contributed by atoms with Crippen molar-refractivity contribution in [3.05, 3.63) is 35.9 Å². The third-order valence-electron chi connectivity index (χ3n) is 3.86. The monoisotopic (exact) mass is 350 g/mol. The number of hydrazine groups is 1. The minimum Gasteiger partial charge on any atom is -0.445 e. The average molecular weight is 350 g/mol. The van der Waals surface area contributed by atoms with Crippen molar-refractivity contribution >= 4 is 29.3 Å². The molecule has 0 atom stereocenters. The van der Waals surface area contributed by atoms with E-state index in [2.05, 4.69) is 16.2 Å². The minimum absolute atomic E-state index is 0.120. The molecule has 0 aromatic heterocycles. The fourth-order valence-electron chi connectivity index (χ4n) is 2.42. The Hall–Kier alpha value is -2.35. The van der Waals surface area contributed by atoms with Gasteiger partial charge in [0.2, 0.25) is 5.91 Å². The highest BCUT2D eigenvalue weighted by Crippen LogP contribution is 2.18. The highest BCUT2D eigenvalue weighted by Gasteiger charge is 2.28. The van der Waals surface area contributed by atoms with Crippen molar-refractivity contribution in [2.45, 2.75) is 19.4 Å². The van der Waals surface area contributed by atoms with E-state index < -0.39 is 0 Å². The van der Waals surface area contributed by atoms with Crippen LogP contribution in [-0.4, -0.2) is 42.1 Å². The number of carbonyl (C=O) groups excluding carboxylic acids is 2. The van der Waals surface area contributed by atoms with Gasteiger partial charge in [-0.3, -0.25) is 15.6 Å². The molecule has 24 heavy (non-hydrogen) atoms. The quantitative estimate of drug-likeness (QED) is 0.561. The van der Waals surface area contributed by atoms with E-state index in [0.29, 0.717) is 31.0 Å². The predicted octanol–water partition coefficient (Wildman–Crippen LogP) is 1.16. The van der Waals surface area contributed by atoms with Crippen LogP contribution in [0.25, 0.3) is 0 Å². The number of hydrogen-bond acceptors (Lipinski definition) is 4. The second-order valence-electron chi connectivity index (χ2n) is 5.49. The number of hydrogen-bond donors (Lipinski definition) is 3. The summed E-state index contributed by atoms with van der Waals surface area (Å²) >= 11 is 4.89. The Morgan fingerprint density at radius 1 is 1.21 bits per heavy atom. The van der Waals surface area contributed by atoms with Gasteiger partial charge in [0, 0.05) is 26.1 Å². The molecule has 2 rings (SSSR count). The number of nitrogens with one attached hydrogen (secondary N) is 3. The Balaban J connectivity index is 1.70. The molecular weight excluding hydrogens is 328 g/mol. The molecule has 130 valence electrons. The van der Waals surface area contributed by atoms with E-state index in [0.717, 1.165) is 5.56 Å². The summed E-state index contributed by atoms with van der Waals surface area (Å²) in [6.07, 6.45) is 0.854. The van der Waals surface area contributed by atoms with Crippen LogP contribution in [0.1, 0.15) is 18.4 Å². The zero-order chi connectivity index (χ0) is 17.4. The maximum Gasteiger partial charge on any atom is 0.410 e. The summed E-state index contributed by atoms with van der Waals surface area (Å²) in [4.78, 5) is 25.7. The SMILES string of the molecule is CNC(=S)NNC(=O)C1CCN(C(=O)OCc2ccccc2)CC1. The van der Waals surface area contributed by atoms with E-state index in [1.54, 1.807) is 11.9 Å². The Bertz CT molecular complexity index is 574. The van der Waals surface area contributed by atoms with E-state index in [1.165, 1.54) is 0 Å². The zero-order valence-electron chi connectivity index (χ0n) is 13.6. The highest BCUT2D eigenvalue weighted by molar-refractivity contribution is 7.80. The number of benzene rings is 1. The number of nitrogens with zero attached hydrogens (tertiary/aromatic N) is 1. The molecule has 0 spiro atoms. The molecule has 3 N–H and O–H groups in total. The van der Waals surface area contributed by atoms with E-state index in [9.17, 15) is 9.59 Å². The first-order valence-corrected chi connectivity index (χ1v) is 8.24. The lowest BCUT2D eigenvalue weighted by Crippen LogP contribution is -2.50. The lowest BCUT2D eigenvalue weighted by atomic mass is 9.96. The van der Waals surface area contributed by atoms with Gasteiger partial charge in [-0.1, -0.05) is 30.3 Å². The molecule has 1 aliphatic heterocycles. The number of rotatable bonds is 3. The molecule has 1 aliphatic rings. The van der Waals surface area contributed by atoms with Crippen LogP contribution < -0.4 is 16.2 Å². The normalized spacial score (nSPS) is 14.6. The summed E-state index contributed by atoms with van der Waals surface area (Å²) in [5.74, 6) is -0.264. The molecule has 0 unspecified atom stereocenters. The molecule has 1 fully saturated rings. The first-order valence-electron chi connectivity index (χ1n) is 7.83. The lowest BCUT2D eigenvalue weighted by molar-refractivity contribution is -0.126. The standard InChI is InChI=1S/C16H22N4O3S/c1-17-15(24)19-18-14(21)13-7-9-20(10-8-13)16(22)23-11-12-5-3-2-4-6-12/h2-6,13H,7-11H2,1H3,(H,18,21)(H2,17,19,24). The fourth-order valence-corrected chi connectivity index (χ4v) is 2.47. The van der Waals surface area contributed by atoms with Gasteiger partial charge in [0.1, 0.15) is 6.61 Å². The maximum atomic E-state index is 12.1. The molecule has 0 aliphatic carbocycles. The second-order valence-corrected chi connectivity index (χ2v) is 5.90. The zero-order valence-corrected chi connectivity index (χ0v) is 14.4. The molecular formula is C16H22N4O3S. The van der Waals surface area contributed by atoms with Gasteiger partial charge in [0.15, 0.2) is 5.11 Å². The number of thiocarbonyl (C=S) groups is 1. The molecule has 0 radical (unpaired) electrons. The molecule has 2 amide bonds. The van der Waals surface area contributed by atoms with Crippen molar-refractivity contribution in [3.8, 4) is 0 Å². The molecule has 1 heterocycles. The smallest absolute Gasteiger partial charge is 0.410 e. The first-order chi connectivity index (χ1) is 11.6. The van der Waals surface area contributed by atoms with Crippen molar-refractivity contribution in [1.82, 2.24) is 21.1 Å². The van der Waals surface area contributed by atoms with Crippen LogP contribution in [0.3, 0.4) is 0 Å². The van der Waals surface area contributed by atoms with Crippen molar-refractivity contribution in [1.29, 1.82) is 0 Å². The van der Waals surface area contributed by atoms with Crippen molar-refractivity contribution in [3.63, 3.8) is 0 Å². The number of ether oxygens (including phenoxy) is 1. The van der Waals surface area contributed by atoms with Crippen LogP contribution in [0, 0.1) is 5.92 Å². The highest BCUT2D eigenvalue weighted by atomic mass is 32.1. The number of carbonyl (C=O) groups is 2. The fraction of sp³-hybridized carbons (Fsp3) is 0.438. The predicted molar refractivity (Wildman–Crippen MR) is 93.9 cm³/mol. The van der Waals surface area contributed by atoms with Crippen LogP contribution in [0.2, 0.25) is 0 Å². The molecule has 1 aromatic rings. The Morgan fingerprint density at radius 3 is 2.50 bits per heavy atom. The number of piperidine rings is 1. The summed E-state index contributed by atoms with van der Waals surface area (Å²) in [7, 11) is 1.67. The Kier molecular flexibility index (Phi) is 6.80. The average Bonchev–Trinajstić information content (AvgIpc) is 2.64. The summed E-state index contributed by atoms with van der Waals surface area (Å²) in [6, 6.07) is 9.54. The molecule has 1 saturated heterocycles. The first kappa shape index (κ1) is 18.0. The van der Waals surface area contributed by atoms with Crippen LogP contribution in [0.5, 0.6) is 0 Å². The summed E-state index contributed by atoms with van der Waals surface area (Å²) in [5.41, 5.74) is 6.13. The third-order valence-corrected chi connectivity index (χ3v) is 4.16. The largest absolute Gasteiger partial charge is 0.445 e. The molecule has 1 aromatic carbocycles. The Labute approximate surface area is 146 Å². The third kappa shape index (κ3) is 5.38. The second kappa shape index (κ2) is 9.07. The van der Waals surface area contributed by atoms with Crippen molar-refractivity contribution < 1.29 is 14.3 Å². The van der Waals surface area contributed by atoms with Gasteiger partial charge in [-0.15, -0.1) is 0 Å². The van der Waals surface area contributed by atoms with Gasteiger partial charge in [-0.2, -0.15) is 0 Å². The topological polar surface area (TPSA) is 82.7 Å². The van der Waals surface area contributed by atoms with E-state index in [1.807, 2.05) is 30.3 Å². The molecule has 7 nitrogen and oxygen atoms in total.